The second-order valence-electron chi connectivity index (χ2n) is 3.84. The number of hydrogen-bond donors (Lipinski definition) is 2. The fourth-order valence-corrected chi connectivity index (χ4v) is 1.73. The van der Waals surface area contributed by atoms with E-state index in [1.807, 2.05) is 6.07 Å². The van der Waals surface area contributed by atoms with Crippen molar-refractivity contribution in [3.8, 4) is 5.75 Å². The van der Waals surface area contributed by atoms with E-state index in [0.717, 1.165) is 11.6 Å². The number of benzene rings is 1. The van der Waals surface area contributed by atoms with Gasteiger partial charge in [0.15, 0.2) is 5.76 Å². The highest BCUT2D eigenvalue weighted by atomic mass is 35.5. The van der Waals surface area contributed by atoms with Gasteiger partial charge in [0.25, 0.3) is 0 Å². The lowest BCUT2D eigenvalue weighted by Crippen LogP contribution is -2.02. The summed E-state index contributed by atoms with van der Waals surface area (Å²) in [5, 5.41) is 19.1. The average molecular weight is 279 g/mol. The van der Waals surface area contributed by atoms with Crippen LogP contribution >= 0.6 is 11.6 Å². The van der Waals surface area contributed by atoms with Crippen molar-refractivity contribution in [3.63, 3.8) is 0 Å². The van der Waals surface area contributed by atoms with E-state index in [-0.39, 0.29) is 11.5 Å². The van der Waals surface area contributed by atoms with Crippen LogP contribution in [0.2, 0.25) is 5.02 Å². The minimum Gasteiger partial charge on any atom is -0.502 e. The third-order valence-corrected chi connectivity index (χ3v) is 2.67. The van der Waals surface area contributed by atoms with E-state index in [1.165, 1.54) is 6.08 Å². The van der Waals surface area contributed by atoms with Crippen molar-refractivity contribution in [2.45, 2.75) is 6.61 Å². The first-order valence-electron chi connectivity index (χ1n) is 5.50. The Morgan fingerprint density at radius 2 is 2.05 bits per heavy atom. The molecule has 2 aromatic rings. The van der Waals surface area contributed by atoms with Crippen LogP contribution < -0.4 is 5.43 Å². The van der Waals surface area contributed by atoms with Crippen LogP contribution in [0.25, 0.3) is 12.2 Å². The fraction of sp³-hybridized carbons (Fsp3) is 0.0714. The minimum absolute atomic E-state index is 0.00322. The predicted octanol–water partition coefficient (Wildman–Crippen LogP) is 2.66. The molecule has 0 aliphatic rings. The molecule has 0 aliphatic carbocycles. The molecule has 2 rings (SSSR count). The second-order valence-corrected chi connectivity index (χ2v) is 4.27. The summed E-state index contributed by atoms with van der Waals surface area (Å²) >= 11 is 5.84. The number of hydrogen-bond acceptors (Lipinski definition) is 4. The third-order valence-electron chi connectivity index (χ3n) is 2.43. The molecular formula is C14H11ClO4. The molecule has 1 aromatic heterocycles. The van der Waals surface area contributed by atoms with E-state index < -0.39 is 17.8 Å². The summed E-state index contributed by atoms with van der Waals surface area (Å²) in [4.78, 5) is 11.4. The maximum absolute atomic E-state index is 11.4. The lowest BCUT2D eigenvalue weighted by atomic mass is 10.2. The van der Waals surface area contributed by atoms with Crippen molar-refractivity contribution < 1.29 is 14.6 Å². The summed E-state index contributed by atoms with van der Waals surface area (Å²) < 4.78 is 5.17. The molecule has 4 nitrogen and oxygen atoms in total. The number of aliphatic hydroxyl groups is 1. The zero-order chi connectivity index (χ0) is 13.8. The average Bonchev–Trinajstić information content (AvgIpc) is 2.40. The molecule has 0 fully saturated rings. The molecule has 0 amide bonds. The molecule has 5 heteroatoms. The van der Waals surface area contributed by atoms with Crippen molar-refractivity contribution in [3.05, 3.63) is 62.7 Å². The van der Waals surface area contributed by atoms with E-state index in [9.17, 15) is 9.90 Å². The summed E-state index contributed by atoms with van der Waals surface area (Å²) in [5.74, 6) is -0.402. The number of halogens is 1. The summed E-state index contributed by atoms with van der Waals surface area (Å²) in [6, 6.07) is 8.10. The fourth-order valence-electron chi connectivity index (χ4n) is 1.53. The molecule has 0 saturated heterocycles. The Morgan fingerprint density at radius 1 is 1.26 bits per heavy atom. The lowest BCUT2D eigenvalue weighted by molar-refractivity contribution is 0.240. The molecule has 0 bridgehead atoms. The number of rotatable bonds is 3. The quantitative estimate of drug-likeness (QED) is 0.905. The molecule has 0 saturated carbocycles. The van der Waals surface area contributed by atoms with Crippen molar-refractivity contribution in [2.75, 3.05) is 0 Å². The second kappa shape index (κ2) is 5.73. The first-order valence-corrected chi connectivity index (χ1v) is 5.88. The molecule has 0 atom stereocenters. The van der Waals surface area contributed by atoms with Crippen LogP contribution in [-0.2, 0) is 6.61 Å². The van der Waals surface area contributed by atoms with E-state index in [0.29, 0.717) is 5.02 Å². The highest BCUT2D eigenvalue weighted by Gasteiger charge is 2.07. The third kappa shape index (κ3) is 3.24. The van der Waals surface area contributed by atoms with Gasteiger partial charge in [-0.25, -0.2) is 0 Å². The van der Waals surface area contributed by atoms with Crippen LogP contribution in [0, 0.1) is 0 Å². The van der Waals surface area contributed by atoms with Gasteiger partial charge in [0.2, 0.25) is 11.2 Å². The molecule has 0 aliphatic heterocycles. The molecule has 2 N–H and O–H groups in total. The maximum atomic E-state index is 11.4. The lowest BCUT2D eigenvalue weighted by Gasteiger charge is -2.01. The van der Waals surface area contributed by atoms with Gasteiger partial charge in [-0.15, -0.1) is 0 Å². The minimum atomic E-state index is -0.596. The Hall–Kier alpha value is -2.04. The van der Waals surface area contributed by atoms with Crippen molar-refractivity contribution in [1.82, 2.24) is 0 Å². The van der Waals surface area contributed by atoms with Gasteiger partial charge in [0.1, 0.15) is 12.4 Å². The van der Waals surface area contributed by atoms with Crippen LogP contribution in [-0.4, -0.2) is 10.2 Å². The van der Waals surface area contributed by atoms with E-state index in [2.05, 4.69) is 0 Å². The predicted molar refractivity (Wildman–Crippen MR) is 72.9 cm³/mol. The summed E-state index contributed by atoms with van der Waals surface area (Å²) in [6.45, 7) is -0.409. The smallest absolute Gasteiger partial charge is 0.227 e. The highest BCUT2D eigenvalue weighted by Crippen LogP contribution is 2.18. The summed E-state index contributed by atoms with van der Waals surface area (Å²) in [6.07, 6.45) is 3.09. The van der Waals surface area contributed by atoms with Crippen molar-refractivity contribution in [2.24, 2.45) is 0 Å². The molecule has 19 heavy (non-hydrogen) atoms. The normalized spacial score (nSPS) is 11.1. The molecular weight excluding hydrogens is 268 g/mol. The van der Waals surface area contributed by atoms with Crippen LogP contribution in [0.4, 0.5) is 0 Å². The SMILES string of the molecule is O=c1cc(CO)oc(/C=C/c2cccc(Cl)c2)c1O. The van der Waals surface area contributed by atoms with Crippen LogP contribution in [0.15, 0.2) is 39.5 Å². The van der Waals surface area contributed by atoms with Crippen LogP contribution in [0.3, 0.4) is 0 Å². The van der Waals surface area contributed by atoms with Gasteiger partial charge in [-0.3, -0.25) is 4.79 Å². The van der Waals surface area contributed by atoms with Crippen LogP contribution in [0.5, 0.6) is 5.75 Å². The largest absolute Gasteiger partial charge is 0.502 e. The zero-order valence-corrected chi connectivity index (χ0v) is 10.6. The standard InChI is InChI=1S/C14H11ClO4/c15-10-3-1-2-9(6-10)4-5-13-14(18)12(17)7-11(8-16)19-13/h1-7,16,18H,8H2/b5-4+. The number of aliphatic hydroxyl groups excluding tert-OH is 1. The van der Waals surface area contributed by atoms with Gasteiger partial charge in [0, 0.05) is 11.1 Å². The Bertz CT molecular complexity index is 673. The Labute approximate surface area is 114 Å². The van der Waals surface area contributed by atoms with E-state index in [1.54, 1.807) is 24.3 Å². The van der Waals surface area contributed by atoms with Crippen molar-refractivity contribution in [1.29, 1.82) is 0 Å². The Kier molecular flexibility index (Phi) is 4.04. The molecule has 98 valence electrons. The topological polar surface area (TPSA) is 70.7 Å². The zero-order valence-electron chi connectivity index (χ0n) is 9.84. The molecule has 1 aromatic carbocycles. The summed E-state index contributed by atoms with van der Waals surface area (Å²) in [7, 11) is 0. The molecule has 1 heterocycles. The van der Waals surface area contributed by atoms with Gasteiger partial charge < -0.3 is 14.6 Å². The van der Waals surface area contributed by atoms with Gasteiger partial charge in [-0.05, 0) is 23.8 Å². The monoisotopic (exact) mass is 278 g/mol. The van der Waals surface area contributed by atoms with Gasteiger partial charge in [0.05, 0.1) is 0 Å². The van der Waals surface area contributed by atoms with Gasteiger partial charge >= 0.3 is 0 Å². The van der Waals surface area contributed by atoms with Gasteiger partial charge in [-0.1, -0.05) is 29.8 Å². The van der Waals surface area contributed by atoms with E-state index >= 15 is 0 Å². The first kappa shape index (κ1) is 13.4. The van der Waals surface area contributed by atoms with Crippen molar-refractivity contribution >= 4 is 23.8 Å². The molecule has 0 spiro atoms. The molecule has 0 radical (unpaired) electrons. The Balaban J connectivity index is 2.38. The maximum Gasteiger partial charge on any atom is 0.227 e. The van der Waals surface area contributed by atoms with E-state index in [4.69, 9.17) is 21.1 Å². The summed E-state index contributed by atoms with van der Waals surface area (Å²) in [5.41, 5.74) is 0.199. The highest BCUT2D eigenvalue weighted by molar-refractivity contribution is 6.30. The van der Waals surface area contributed by atoms with Gasteiger partial charge in [-0.2, -0.15) is 0 Å². The molecule has 0 unspecified atom stereocenters. The first-order chi connectivity index (χ1) is 9.10. The number of aromatic hydroxyl groups is 1. The van der Waals surface area contributed by atoms with Crippen LogP contribution in [0.1, 0.15) is 17.1 Å². The Morgan fingerprint density at radius 3 is 2.74 bits per heavy atom.